The van der Waals surface area contributed by atoms with Crippen LogP contribution in [0.1, 0.15) is 17.3 Å². The molecule has 0 saturated heterocycles. The molecule has 0 radical (unpaired) electrons. The minimum atomic E-state index is -0.940. The molecule has 8 heteroatoms. The van der Waals surface area contributed by atoms with Gasteiger partial charge in [-0.25, -0.2) is 9.48 Å². The number of fused-ring (bicyclic) bond motifs is 2. The number of rotatable bonds is 4. The van der Waals surface area contributed by atoms with Crippen LogP contribution in [0.25, 0.3) is 11.0 Å². The molecular formula is C18H14N4O4. The number of hydrogen-bond acceptors (Lipinski definition) is 6. The van der Waals surface area contributed by atoms with E-state index < -0.39 is 23.7 Å². The lowest BCUT2D eigenvalue weighted by Crippen LogP contribution is -2.43. The maximum atomic E-state index is 12.4. The average Bonchev–Trinajstić information content (AvgIpc) is 3.19. The summed E-state index contributed by atoms with van der Waals surface area (Å²) in [4.78, 5) is 37.9. The molecule has 2 heterocycles. The Kier molecular flexibility index (Phi) is 3.72. The molecule has 1 aliphatic heterocycles. The number of carbonyl (C=O) groups excluding carboxylic acids is 3. The lowest BCUT2D eigenvalue weighted by atomic mass is 10.1. The molecule has 1 amide bonds. The number of carbonyl (C=O) groups is 3. The first kappa shape index (κ1) is 15.9. The van der Waals surface area contributed by atoms with E-state index in [4.69, 9.17) is 4.74 Å². The SMILES string of the molecule is C[C@H](C(=O)OCn1nnc2ccccc21)N1C(=O)C(=O)c2ccccc21. The van der Waals surface area contributed by atoms with Crippen LogP contribution in [0.5, 0.6) is 0 Å². The lowest BCUT2D eigenvalue weighted by Gasteiger charge is -2.22. The number of para-hydroxylation sites is 2. The van der Waals surface area contributed by atoms with E-state index in [2.05, 4.69) is 10.3 Å². The van der Waals surface area contributed by atoms with Crippen molar-refractivity contribution in [3.05, 3.63) is 54.1 Å². The molecule has 2 aromatic carbocycles. The minimum Gasteiger partial charge on any atom is -0.441 e. The highest BCUT2D eigenvalue weighted by atomic mass is 16.5. The number of nitrogens with zero attached hydrogens (tertiary/aromatic N) is 4. The normalized spacial score (nSPS) is 14.6. The van der Waals surface area contributed by atoms with Gasteiger partial charge in [0.2, 0.25) is 0 Å². The Morgan fingerprint density at radius 1 is 1.12 bits per heavy atom. The first-order valence-corrected chi connectivity index (χ1v) is 7.99. The predicted molar refractivity (Wildman–Crippen MR) is 91.3 cm³/mol. The molecule has 8 nitrogen and oxygen atoms in total. The summed E-state index contributed by atoms with van der Waals surface area (Å²) < 4.78 is 6.73. The van der Waals surface area contributed by atoms with Crippen LogP contribution in [0.15, 0.2) is 48.5 Å². The lowest BCUT2D eigenvalue weighted by molar-refractivity contribution is -0.149. The summed E-state index contributed by atoms with van der Waals surface area (Å²) in [5.74, 6) is -1.99. The second kappa shape index (κ2) is 6.07. The van der Waals surface area contributed by atoms with Gasteiger partial charge in [0.1, 0.15) is 11.6 Å². The van der Waals surface area contributed by atoms with E-state index in [1.807, 2.05) is 18.2 Å². The topological polar surface area (TPSA) is 94.4 Å². The van der Waals surface area contributed by atoms with Crippen molar-refractivity contribution in [2.75, 3.05) is 4.90 Å². The highest BCUT2D eigenvalue weighted by molar-refractivity contribution is 6.52. The second-order valence-electron chi connectivity index (χ2n) is 5.87. The summed E-state index contributed by atoms with van der Waals surface area (Å²) in [7, 11) is 0. The predicted octanol–water partition coefficient (Wildman–Crippen LogP) is 1.55. The maximum absolute atomic E-state index is 12.4. The largest absolute Gasteiger partial charge is 0.441 e. The zero-order valence-corrected chi connectivity index (χ0v) is 13.8. The Morgan fingerprint density at radius 3 is 2.69 bits per heavy atom. The van der Waals surface area contributed by atoms with Crippen LogP contribution in [-0.2, 0) is 21.1 Å². The molecule has 0 spiro atoms. The van der Waals surface area contributed by atoms with Crippen molar-refractivity contribution in [1.29, 1.82) is 0 Å². The van der Waals surface area contributed by atoms with Crippen molar-refractivity contribution in [3.63, 3.8) is 0 Å². The number of anilines is 1. The van der Waals surface area contributed by atoms with Crippen LogP contribution in [0, 0.1) is 0 Å². The number of aromatic nitrogens is 3. The Labute approximate surface area is 148 Å². The highest BCUT2D eigenvalue weighted by Gasteiger charge is 2.41. The Morgan fingerprint density at radius 2 is 1.85 bits per heavy atom. The number of Topliss-reactive ketones (excluding diaryl/α,β-unsaturated/α-hetero) is 1. The molecule has 0 fully saturated rings. The molecule has 1 aromatic heterocycles. The van der Waals surface area contributed by atoms with Gasteiger partial charge in [-0.1, -0.05) is 29.5 Å². The Balaban J connectivity index is 1.52. The van der Waals surface area contributed by atoms with E-state index in [-0.39, 0.29) is 6.73 Å². The smallest absolute Gasteiger partial charge is 0.330 e. The van der Waals surface area contributed by atoms with Gasteiger partial charge < -0.3 is 4.74 Å². The molecule has 26 heavy (non-hydrogen) atoms. The molecule has 130 valence electrons. The summed E-state index contributed by atoms with van der Waals surface area (Å²) >= 11 is 0. The third kappa shape index (κ3) is 2.43. The molecule has 0 saturated carbocycles. The van der Waals surface area contributed by atoms with E-state index in [9.17, 15) is 14.4 Å². The van der Waals surface area contributed by atoms with Gasteiger partial charge in [0.25, 0.3) is 11.7 Å². The van der Waals surface area contributed by atoms with Crippen molar-refractivity contribution in [3.8, 4) is 0 Å². The third-order valence-corrected chi connectivity index (χ3v) is 4.30. The third-order valence-electron chi connectivity index (χ3n) is 4.30. The number of ether oxygens (including phenoxy) is 1. The van der Waals surface area contributed by atoms with Gasteiger partial charge in [-0.2, -0.15) is 0 Å². The van der Waals surface area contributed by atoms with Crippen molar-refractivity contribution < 1.29 is 19.1 Å². The monoisotopic (exact) mass is 350 g/mol. The fourth-order valence-corrected chi connectivity index (χ4v) is 2.96. The van der Waals surface area contributed by atoms with Gasteiger partial charge >= 0.3 is 5.97 Å². The van der Waals surface area contributed by atoms with Crippen LogP contribution in [0.3, 0.4) is 0 Å². The zero-order chi connectivity index (χ0) is 18.3. The molecule has 0 N–H and O–H groups in total. The summed E-state index contributed by atoms with van der Waals surface area (Å²) in [6.45, 7) is 1.39. The summed E-state index contributed by atoms with van der Waals surface area (Å²) in [6.07, 6.45) is 0. The zero-order valence-electron chi connectivity index (χ0n) is 13.8. The number of amides is 1. The van der Waals surface area contributed by atoms with Gasteiger partial charge in [0, 0.05) is 0 Å². The van der Waals surface area contributed by atoms with Crippen molar-refractivity contribution in [2.45, 2.75) is 19.7 Å². The van der Waals surface area contributed by atoms with E-state index in [0.29, 0.717) is 16.8 Å². The van der Waals surface area contributed by atoms with Gasteiger partial charge in [-0.3, -0.25) is 14.5 Å². The molecule has 1 aliphatic rings. The fraction of sp³-hybridized carbons (Fsp3) is 0.167. The van der Waals surface area contributed by atoms with E-state index in [1.165, 1.54) is 16.5 Å². The second-order valence-corrected chi connectivity index (χ2v) is 5.87. The first-order valence-electron chi connectivity index (χ1n) is 7.99. The Bertz CT molecular complexity index is 1040. The van der Waals surface area contributed by atoms with Gasteiger partial charge in [-0.05, 0) is 31.2 Å². The summed E-state index contributed by atoms with van der Waals surface area (Å²) in [6, 6.07) is 12.9. The molecule has 3 aromatic rings. The highest BCUT2D eigenvalue weighted by Crippen LogP contribution is 2.30. The van der Waals surface area contributed by atoms with Crippen LogP contribution >= 0.6 is 0 Å². The Hall–Kier alpha value is -3.55. The van der Waals surface area contributed by atoms with Gasteiger partial charge in [-0.15, -0.1) is 5.10 Å². The maximum Gasteiger partial charge on any atom is 0.330 e. The molecule has 0 aliphatic carbocycles. The quantitative estimate of drug-likeness (QED) is 0.523. The standard InChI is InChI=1S/C18H14N4O4/c1-11(22-14-8-4-2-6-12(14)16(23)17(22)24)18(25)26-10-21-15-9-5-3-7-13(15)19-20-21/h2-9,11H,10H2,1H3/t11-/m1/s1. The number of hydrogen-bond donors (Lipinski definition) is 0. The van der Waals surface area contributed by atoms with Crippen LogP contribution in [0.4, 0.5) is 5.69 Å². The van der Waals surface area contributed by atoms with Crippen LogP contribution in [0.2, 0.25) is 0 Å². The van der Waals surface area contributed by atoms with Crippen molar-refractivity contribution >= 4 is 34.4 Å². The van der Waals surface area contributed by atoms with E-state index in [1.54, 1.807) is 30.3 Å². The molecular weight excluding hydrogens is 336 g/mol. The molecule has 0 bridgehead atoms. The van der Waals surface area contributed by atoms with E-state index in [0.717, 1.165) is 5.52 Å². The van der Waals surface area contributed by atoms with Gasteiger partial charge in [0.15, 0.2) is 6.73 Å². The minimum absolute atomic E-state index is 0.138. The van der Waals surface area contributed by atoms with Crippen LogP contribution < -0.4 is 4.90 Å². The molecule has 0 unspecified atom stereocenters. The number of esters is 1. The first-order chi connectivity index (χ1) is 12.6. The van der Waals surface area contributed by atoms with Gasteiger partial charge in [0.05, 0.1) is 16.8 Å². The molecule has 4 rings (SSSR count). The molecule has 1 atom stereocenters. The summed E-state index contributed by atoms with van der Waals surface area (Å²) in [5, 5.41) is 7.92. The van der Waals surface area contributed by atoms with E-state index >= 15 is 0 Å². The van der Waals surface area contributed by atoms with Crippen molar-refractivity contribution in [1.82, 2.24) is 15.0 Å². The number of benzene rings is 2. The average molecular weight is 350 g/mol. The van der Waals surface area contributed by atoms with Crippen molar-refractivity contribution in [2.24, 2.45) is 0 Å². The fourth-order valence-electron chi connectivity index (χ4n) is 2.96. The summed E-state index contributed by atoms with van der Waals surface area (Å²) in [5.41, 5.74) is 2.12. The van der Waals surface area contributed by atoms with Crippen LogP contribution in [-0.4, -0.2) is 38.7 Å². The number of ketones is 1.